The highest BCUT2D eigenvalue weighted by Gasteiger charge is 2.61. The minimum absolute atomic E-state index is 0.0988. The summed E-state index contributed by atoms with van der Waals surface area (Å²) in [6.45, 7) is 3.06. The Morgan fingerprint density at radius 2 is 1.91 bits per heavy atom. The molecule has 7 heteroatoms. The fraction of sp³-hybridized carbons (Fsp3) is 0.467. The Labute approximate surface area is 126 Å². The number of amides is 2. The number of benzene rings is 1. The summed E-state index contributed by atoms with van der Waals surface area (Å²) in [5.41, 5.74) is -0.974. The zero-order valence-electron chi connectivity index (χ0n) is 12.4. The second-order valence-electron chi connectivity index (χ2n) is 5.62. The minimum Gasteiger partial charge on any atom is -0.383 e. The summed E-state index contributed by atoms with van der Waals surface area (Å²) in [5, 5.41) is 14.4. The molecule has 1 aromatic carbocycles. The molecule has 5 nitrogen and oxygen atoms in total. The molecule has 0 radical (unpaired) electrons. The molecule has 22 heavy (non-hydrogen) atoms. The molecule has 0 bridgehead atoms. The predicted octanol–water partition coefficient (Wildman–Crippen LogP) is 2.44. The van der Waals surface area contributed by atoms with E-state index >= 15 is 0 Å². The average Bonchev–Trinajstić information content (AvgIpc) is 2.39. The Morgan fingerprint density at radius 3 is 2.41 bits per heavy atom. The molecule has 0 aromatic heterocycles. The molecule has 1 aromatic rings. The lowest BCUT2D eigenvalue weighted by molar-refractivity contribution is -0.212. The number of aryl methyl sites for hydroxylation is 1. The molecule has 0 saturated heterocycles. The summed E-state index contributed by atoms with van der Waals surface area (Å²) < 4.78 is 28.0. The van der Waals surface area contributed by atoms with Gasteiger partial charge in [-0.2, -0.15) is 8.78 Å². The van der Waals surface area contributed by atoms with Gasteiger partial charge in [0.2, 0.25) is 5.91 Å². The standard InChI is InChI=1S/C15H18F2N2O3/c1-9-4-5-11(8-12(9)18-10(2)20)19-13(21)15(16,17)14(22)6-3-7-14/h4-5,8,22H,3,6-7H2,1-2H3,(H,18,20)(H,19,21). The minimum atomic E-state index is -3.86. The zero-order valence-corrected chi connectivity index (χ0v) is 12.4. The van der Waals surface area contributed by atoms with E-state index in [1.165, 1.54) is 19.1 Å². The molecule has 3 N–H and O–H groups in total. The van der Waals surface area contributed by atoms with Crippen molar-refractivity contribution in [3.63, 3.8) is 0 Å². The first kappa shape index (κ1) is 16.4. The van der Waals surface area contributed by atoms with Crippen molar-refractivity contribution in [2.24, 2.45) is 0 Å². The molecule has 1 fully saturated rings. The van der Waals surface area contributed by atoms with Crippen molar-refractivity contribution in [2.45, 2.75) is 44.6 Å². The second kappa shape index (κ2) is 5.64. The van der Waals surface area contributed by atoms with Gasteiger partial charge >= 0.3 is 5.92 Å². The van der Waals surface area contributed by atoms with Crippen LogP contribution in [0.1, 0.15) is 31.7 Å². The van der Waals surface area contributed by atoms with Crippen LogP contribution in [0.5, 0.6) is 0 Å². The Bertz CT molecular complexity index is 613. The number of hydrogen-bond donors (Lipinski definition) is 3. The van der Waals surface area contributed by atoms with Crippen molar-refractivity contribution in [3.8, 4) is 0 Å². The van der Waals surface area contributed by atoms with Crippen LogP contribution in [-0.4, -0.2) is 28.4 Å². The maximum absolute atomic E-state index is 14.0. The number of carbonyl (C=O) groups excluding carboxylic acids is 2. The number of nitrogens with one attached hydrogen (secondary N) is 2. The molecule has 2 amide bonds. The van der Waals surface area contributed by atoms with Crippen LogP contribution >= 0.6 is 0 Å². The smallest absolute Gasteiger partial charge is 0.352 e. The van der Waals surface area contributed by atoms with Crippen molar-refractivity contribution in [2.75, 3.05) is 10.6 Å². The maximum Gasteiger partial charge on any atom is 0.352 e. The summed E-state index contributed by atoms with van der Waals surface area (Å²) in [4.78, 5) is 22.9. The molecule has 0 unspecified atom stereocenters. The lowest BCUT2D eigenvalue weighted by Crippen LogP contribution is -2.59. The topological polar surface area (TPSA) is 78.4 Å². The van der Waals surface area contributed by atoms with Crippen LogP contribution < -0.4 is 10.6 Å². The van der Waals surface area contributed by atoms with Crippen LogP contribution in [0.4, 0.5) is 20.2 Å². The van der Waals surface area contributed by atoms with Gasteiger partial charge in [0.1, 0.15) is 5.60 Å². The van der Waals surface area contributed by atoms with E-state index in [1.807, 2.05) is 0 Å². The summed E-state index contributed by atoms with van der Waals surface area (Å²) in [5.74, 6) is -5.71. The van der Waals surface area contributed by atoms with Gasteiger partial charge in [-0.1, -0.05) is 6.07 Å². The highest BCUT2D eigenvalue weighted by molar-refractivity contribution is 5.98. The molecular formula is C15H18F2N2O3. The summed E-state index contributed by atoms with van der Waals surface area (Å²) in [6, 6.07) is 4.45. The third-order valence-electron chi connectivity index (χ3n) is 3.86. The molecule has 120 valence electrons. The number of alkyl halides is 2. The molecule has 0 spiro atoms. The highest BCUT2D eigenvalue weighted by Crippen LogP contribution is 2.44. The van der Waals surface area contributed by atoms with E-state index in [-0.39, 0.29) is 24.4 Å². The second-order valence-corrected chi connectivity index (χ2v) is 5.62. The van der Waals surface area contributed by atoms with Gasteiger partial charge in [-0.15, -0.1) is 0 Å². The number of hydrogen-bond acceptors (Lipinski definition) is 3. The van der Waals surface area contributed by atoms with Crippen LogP contribution in [0.15, 0.2) is 18.2 Å². The monoisotopic (exact) mass is 312 g/mol. The molecule has 2 rings (SSSR count). The van der Waals surface area contributed by atoms with Gasteiger partial charge in [0.05, 0.1) is 0 Å². The number of halogens is 2. The van der Waals surface area contributed by atoms with Crippen molar-refractivity contribution >= 4 is 23.2 Å². The van der Waals surface area contributed by atoms with E-state index in [9.17, 15) is 23.5 Å². The van der Waals surface area contributed by atoms with Crippen LogP contribution in [0, 0.1) is 6.92 Å². The van der Waals surface area contributed by atoms with E-state index in [2.05, 4.69) is 10.6 Å². The zero-order chi connectivity index (χ0) is 16.5. The third-order valence-corrected chi connectivity index (χ3v) is 3.86. The van der Waals surface area contributed by atoms with E-state index in [4.69, 9.17) is 0 Å². The normalized spacial score (nSPS) is 16.6. The van der Waals surface area contributed by atoms with Crippen molar-refractivity contribution < 1.29 is 23.5 Å². The Morgan fingerprint density at radius 1 is 1.27 bits per heavy atom. The van der Waals surface area contributed by atoms with Gasteiger partial charge in [-0.3, -0.25) is 9.59 Å². The van der Waals surface area contributed by atoms with E-state index < -0.39 is 17.4 Å². The predicted molar refractivity (Wildman–Crippen MR) is 77.9 cm³/mol. The van der Waals surface area contributed by atoms with Gasteiger partial charge in [0.15, 0.2) is 0 Å². The number of aliphatic hydroxyl groups is 1. The molecule has 1 aliphatic rings. The quantitative estimate of drug-likeness (QED) is 0.799. The Balaban J connectivity index is 2.16. The third kappa shape index (κ3) is 2.94. The van der Waals surface area contributed by atoms with Crippen LogP contribution in [0.2, 0.25) is 0 Å². The maximum atomic E-state index is 14.0. The van der Waals surface area contributed by atoms with Crippen molar-refractivity contribution in [3.05, 3.63) is 23.8 Å². The van der Waals surface area contributed by atoms with Crippen LogP contribution in [-0.2, 0) is 9.59 Å². The molecule has 1 aliphatic carbocycles. The fourth-order valence-electron chi connectivity index (χ4n) is 2.27. The van der Waals surface area contributed by atoms with Gasteiger partial charge in [0.25, 0.3) is 5.91 Å². The van der Waals surface area contributed by atoms with Crippen molar-refractivity contribution in [1.82, 2.24) is 0 Å². The molecule has 0 heterocycles. The van der Waals surface area contributed by atoms with Gasteiger partial charge in [-0.25, -0.2) is 0 Å². The highest BCUT2D eigenvalue weighted by atomic mass is 19.3. The van der Waals surface area contributed by atoms with E-state index in [0.717, 1.165) is 5.56 Å². The van der Waals surface area contributed by atoms with Crippen molar-refractivity contribution in [1.29, 1.82) is 0 Å². The largest absolute Gasteiger partial charge is 0.383 e. The molecule has 0 aliphatic heterocycles. The molecule has 1 saturated carbocycles. The van der Waals surface area contributed by atoms with E-state index in [1.54, 1.807) is 13.0 Å². The van der Waals surface area contributed by atoms with Crippen LogP contribution in [0.3, 0.4) is 0 Å². The molecule has 0 atom stereocenters. The first-order chi connectivity index (χ1) is 10.2. The lowest BCUT2D eigenvalue weighted by Gasteiger charge is -2.41. The number of anilines is 2. The Kier molecular flexibility index (Phi) is 4.19. The van der Waals surface area contributed by atoms with E-state index in [0.29, 0.717) is 12.1 Å². The Hall–Kier alpha value is -2.02. The van der Waals surface area contributed by atoms with Gasteiger partial charge in [-0.05, 0) is 43.9 Å². The summed E-state index contributed by atoms with van der Waals surface area (Å²) >= 11 is 0. The van der Waals surface area contributed by atoms with Gasteiger partial charge < -0.3 is 15.7 Å². The summed E-state index contributed by atoms with van der Waals surface area (Å²) in [7, 11) is 0. The average molecular weight is 312 g/mol. The SMILES string of the molecule is CC(=O)Nc1cc(NC(=O)C(F)(F)C2(O)CCC2)ccc1C. The van der Waals surface area contributed by atoms with Gasteiger partial charge in [0, 0.05) is 18.3 Å². The fourth-order valence-corrected chi connectivity index (χ4v) is 2.27. The number of rotatable bonds is 4. The first-order valence-corrected chi connectivity index (χ1v) is 6.95. The number of carbonyl (C=O) groups is 2. The van der Waals surface area contributed by atoms with Crippen LogP contribution in [0.25, 0.3) is 0 Å². The summed E-state index contributed by atoms with van der Waals surface area (Å²) in [6.07, 6.45) is 0.271. The lowest BCUT2D eigenvalue weighted by atomic mass is 9.75. The molecular weight excluding hydrogens is 294 g/mol. The first-order valence-electron chi connectivity index (χ1n) is 6.95.